The summed E-state index contributed by atoms with van der Waals surface area (Å²) in [7, 11) is 1.65. The van der Waals surface area contributed by atoms with Crippen LogP contribution in [0, 0.1) is 0 Å². The first-order valence-electron chi connectivity index (χ1n) is 7.62. The smallest absolute Gasteiger partial charge is 0.262 e. The third-order valence-electron chi connectivity index (χ3n) is 4.00. The molecular weight excluding hydrogens is 318 g/mol. The number of fused-ring (bicyclic) bond motifs is 2. The van der Waals surface area contributed by atoms with Crippen molar-refractivity contribution in [1.29, 1.82) is 0 Å². The zero-order chi connectivity index (χ0) is 16.5. The van der Waals surface area contributed by atoms with Crippen molar-refractivity contribution >= 4 is 40.2 Å². The zero-order valence-corrected chi connectivity index (χ0v) is 13.9. The number of thioether (sulfide) groups is 1. The highest BCUT2D eigenvalue weighted by atomic mass is 32.2. The highest BCUT2D eigenvalue weighted by Crippen LogP contribution is 2.40. The van der Waals surface area contributed by atoms with Crippen molar-refractivity contribution in [2.24, 2.45) is 0 Å². The number of hydrogen-bond acceptors (Lipinski definition) is 3. The molecule has 3 nitrogen and oxygen atoms in total. The Morgan fingerprint density at radius 2 is 1.79 bits per heavy atom. The van der Waals surface area contributed by atoms with Gasteiger partial charge in [0.2, 0.25) is 0 Å². The molecular formula is C20H15NO2S. The largest absolute Gasteiger partial charge is 0.496 e. The van der Waals surface area contributed by atoms with Crippen molar-refractivity contribution in [2.75, 3.05) is 12.4 Å². The first kappa shape index (κ1) is 14.8. The molecule has 1 heterocycles. The Morgan fingerprint density at radius 3 is 2.67 bits per heavy atom. The fourth-order valence-corrected chi connectivity index (χ4v) is 3.77. The molecule has 0 aromatic heterocycles. The number of nitrogens with one attached hydrogen (secondary N) is 1. The van der Waals surface area contributed by atoms with E-state index in [4.69, 9.17) is 4.74 Å². The topological polar surface area (TPSA) is 38.3 Å². The van der Waals surface area contributed by atoms with E-state index in [1.54, 1.807) is 7.11 Å². The van der Waals surface area contributed by atoms with E-state index >= 15 is 0 Å². The molecule has 0 saturated carbocycles. The Balaban J connectivity index is 1.87. The van der Waals surface area contributed by atoms with Crippen LogP contribution >= 0.6 is 11.8 Å². The van der Waals surface area contributed by atoms with Gasteiger partial charge in [0, 0.05) is 10.5 Å². The molecule has 4 heteroatoms. The standard InChI is InChI=1S/C20H15NO2S/c1-23-17-11-10-13-6-2-3-7-14(13)15(17)12-19-20(22)21-16-8-4-5-9-18(16)24-19/h2-12H,1H3,(H,21,22)/b19-12-. The predicted molar refractivity (Wildman–Crippen MR) is 99.4 cm³/mol. The number of benzene rings is 3. The van der Waals surface area contributed by atoms with E-state index in [1.165, 1.54) is 11.8 Å². The Hall–Kier alpha value is -2.72. The maximum Gasteiger partial charge on any atom is 0.262 e. The van der Waals surface area contributed by atoms with Crippen molar-refractivity contribution in [3.63, 3.8) is 0 Å². The number of methoxy groups -OCH3 is 1. The molecule has 0 aliphatic carbocycles. The molecule has 4 rings (SSSR count). The lowest BCUT2D eigenvalue weighted by Crippen LogP contribution is -2.17. The monoisotopic (exact) mass is 333 g/mol. The van der Waals surface area contributed by atoms with Crippen LogP contribution in [0.4, 0.5) is 5.69 Å². The summed E-state index contributed by atoms with van der Waals surface area (Å²) in [5.74, 6) is 0.669. The second kappa shape index (κ2) is 6.06. The highest BCUT2D eigenvalue weighted by Gasteiger charge is 2.21. The van der Waals surface area contributed by atoms with Crippen LogP contribution in [0.3, 0.4) is 0 Å². The lowest BCUT2D eigenvalue weighted by atomic mass is 10.0. The summed E-state index contributed by atoms with van der Waals surface area (Å²) in [6.07, 6.45) is 1.91. The van der Waals surface area contributed by atoms with E-state index in [2.05, 4.69) is 11.4 Å². The van der Waals surface area contributed by atoms with E-state index in [0.29, 0.717) is 4.91 Å². The maximum absolute atomic E-state index is 12.5. The Labute approximate surface area is 144 Å². The van der Waals surface area contributed by atoms with Gasteiger partial charge in [0.25, 0.3) is 5.91 Å². The summed E-state index contributed by atoms with van der Waals surface area (Å²) < 4.78 is 5.51. The van der Waals surface area contributed by atoms with Gasteiger partial charge in [-0.2, -0.15) is 0 Å². The molecule has 3 aromatic carbocycles. The van der Waals surface area contributed by atoms with E-state index in [-0.39, 0.29) is 5.91 Å². The van der Waals surface area contributed by atoms with Gasteiger partial charge < -0.3 is 10.1 Å². The van der Waals surface area contributed by atoms with E-state index in [9.17, 15) is 4.79 Å². The van der Waals surface area contributed by atoms with Crippen LogP contribution in [-0.4, -0.2) is 13.0 Å². The highest BCUT2D eigenvalue weighted by molar-refractivity contribution is 8.04. The van der Waals surface area contributed by atoms with Crippen LogP contribution in [-0.2, 0) is 4.79 Å². The third kappa shape index (κ3) is 2.55. The van der Waals surface area contributed by atoms with Gasteiger partial charge in [-0.15, -0.1) is 0 Å². The molecule has 3 aromatic rings. The van der Waals surface area contributed by atoms with Gasteiger partial charge in [-0.1, -0.05) is 54.2 Å². The molecule has 0 bridgehead atoms. The molecule has 0 unspecified atom stereocenters. The van der Waals surface area contributed by atoms with Crippen molar-refractivity contribution in [3.05, 3.63) is 71.1 Å². The van der Waals surface area contributed by atoms with Gasteiger partial charge in [-0.3, -0.25) is 4.79 Å². The van der Waals surface area contributed by atoms with Crippen LogP contribution < -0.4 is 10.1 Å². The van der Waals surface area contributed by atoms with Gasteiger partial charge in [0.15, 0.2) is 0 Å². The van der Waals surface area contributed by atoms with Crippen LogP contribution in [0.2, 0.25) is 0 Å². The predicted octanol–water partition coefficient (Wildman–Crippen LogP) is 4.93. The second-order valence-electron chi connectivity index (χ2n) is 5.46. The Bertz CT molecular complexity index is 978. The minimum atomic E-state index is -0.0892. The third-order valence-corrected chi connectivity index (χ3v) is 5.10. The second-order valence-corrected chi connectivity index (χ2v) is 6.55. The van der Waals surface area contributed by atoms with Gasteiger partial charge in [-0.25, -0.2) is 0 Å². The van der Waals surface area contributed by atoms with Crippen molar-refractivity contribution < 1.29 is 9.53 Å². The van der Waals surface area contributed by atoms with Gasteiger partial charge in [0.05, 0.1) is 17.7 Å². The molecule has 118 valence electrons. The minimum Gasteiger partial charge on any atom is -0.496 e. The maximum atomic E-state index is 12.5. The van der Waals surface area contributed by atoms with E-state index in [1.807, 2.05) is 60.7 Å². The molecule has 1 N–H and O–H groups in total. The van der Waals surface area contributed by atoms with Crippen molar-refractivity contribution in [1.82, 2.24) is 0 Å². The quantitative estimate of drug-likeness (QED) is 0.676. The van der Waals surface area contributed by atoms with E-state index < -0.39 is 0 Å². The normalized spacial score (nSPS) is 15.2. The lowest BCUT2D eigenvalue weighted by Gasteiger charge is -2.19. The number of para-hydroxylation sites is 1. The Kier molecular flexibility index (Phi) is 3.75. The molecule has 24 heavy (non-hydrogen) atoms. The molecule has 0 radical (unpaired) electrons. The van der Waals surface area contributed by atoms with E-state index in [0.717, 1.165) is 32.7 Å². The number of hydrogen-bond donors (Lipinski definition) is 1. The fraction of sp³-hybridized carbons (Fsp3) is 0.0500. The van der Waals surface area contributed by atoms with Gasteiger partial charge in [0.1, 0.15) is 5.75 Å². The van der Waals surface area contributed by atoms with Crippen LogP contribution in [0.25, 0.3) is 16.8 Å². The van der Waals surface area contributed by atoms with Crippen LogP contribution in [0.1, 0.15) is 5.56 Å². The van der Waals surface area contributed by atoms with Crippen molar-refractivity contribution in [3.8, 4) is 5.75 Å². The minimum absolute atomic E-state index is 0.0892. The fourth-order valence-electron chi connectivity index (χ4n) is 2.84. The molecule has 1 amide bonds. The molecule has 0 spiro atoms. The molecule has 1 aliphatic heterocycles. The Morgan fingerprint density at radius 1 is 1.00 bits per heavy atom. The summed E-state index contributed by atoms with van der Waals surface area (Å²) in [4.78, 5) is 14.2. The number of carbonyl (C=O) groups is 1. The summed E-state index contributed by atoms with van der Waals surface area (Å²) in [6.45, 7) is 0. The molecule has 0 atom stereocenters. The van der Waals surface area contributed by atoms with Crippen LogP contribution in [0.15, 0.2) is 70.5 Å². The summed E-state index contributed by atoms with van der Waals surface area (Å²) in [5.41, 5.74) is 1.78. The number of rotatable bonds is 2. The number of carbonyl (C=O) groups excluding carboxylic acids is 1. The molecule has 1 aliphatic rings. The average Bonchev–Trinajstić information content (AvgIpc) is 2.62. The van der Waals surface area contributed by atoms with Crippen LogP contribution in [0.5, 0.6) is 5.75 Å². The summed E-state index contributed by atoms with van der Waals surface area (Å²) in [6, 6.07) is 19.9. The average molecular weight is 333 g/mol. The van der Waals surface area contributed by atoms with Gasteiger partial charge >= 0.3 is 0 Å². The number of anilines is 1. The SMILES string of the molecule is COc1ccc2ccccc2c1/C=C1\Sc2ccccc2NC1=O. The lowest BCUT2D eigenvalue weighted by molar-refractivity contribution is -0.112. The zero-order valence-electron chi connectivity index (χ0n) is 13.1. The molecule has 0 fully saturated rings. The van der Waals surface area contributed by atoms with Crippen molar-refractivity contribution in [2.45, 2.75) is 4.90 Å². The number of amides is 1. The summed E-state index contributed by atoms with van der Waals surface area (Å²) in [5, 5.41) is 5.13. The first-order valence-corrected chi connectivity index (χ1v) is 8.43. The first-order chi connectivity index (χ1) is 11.8. The number of ether oxygens (including phenoxy) is 1. The summed E-state index contributed by atoms with van der Waals surface area (Å²) >= 11 is 1.48. The molecule has 0 saturated heterocycles. The van der Waals surface area contributed by atoms with Gasteiger partial charge in [-0.05, 0) is 35.0 Å².